The number of carbonyl (C=O) groups is 2. The Balaban J connectivity index is 1.85. The Bertz CT molecular complexity index is 499. The first-order valence-corrected chi connectivity index (χ1v) is 8.77. The molecule has 0 aliphatic carbocycles. The normalized spacial score (nSPS) is 14.5. The summed E-state index contributed by atoms with van der Waals surface area (Å²) in [6, 6.07) is 6.73. The number of rotatable bonds is 5. The van der Waals surface area contributed by atoms with Gasteiger partial charge in [0, 0.05) is 30.3 Å². The number of esters is 1. The SMILES string of the molecule is CCCCOC(=O)c1ccc(NC(=O)N2CCSCC2)cc1. The lowest BCUT2D eigenvalue weighted by molar-refractivity contribution is 0.0500. The number of carbonyl (C=O) groups excluding carboxylic acids is 2. The van der Waals surface area contributed by atoms with Crippen molar-refractivity contribution < 1.29 is 14.3 Å². The standard InChI is InChI=1S/C16H22N2O3S/c1-2-3-10-21-15(19)13-4-6-14(7-5-13)17-16(20)18-8-11-22-12-9-18/h4-7H,2-3,8-12H2,1H3,(H,17,20). The monoisotopic (exact) mass is 322 g/mol. The number of thioether (sulfide) groups is 1. The van der Waals surface area contributed by atoms with Gasteiger partial charge in [-0.05, 0) is 30.7 Å². The Morgan fingerprint density at radius 1 is 1.23 bits per heavy atom. The molecule has 1 N–H and O–H groups in total. The van der Waals surface area contributed by atoms with Gasteiger partial charge < -0.3 is 15.0 Å². The fraction of sp³-hybridized carbons (Fsp3) is 0.500. The fourth-order valence-corrected chi connectivity index (χ4v) is 2.95. The van der Waals surface area contributed by atoms with Crippen LogP contribution in [0.3, 0.4) is 0 Å². The van der Waals surface area contributed by atoms with Crippen molar-refractivity contribution in [3.05, 3.63) is 29.8 Å². The molecule has 5 nitrogen and oxygen atoms in total. The number of ether oxygens (including phenoxy) is 1. The Kier molecular flexibility index (Phi) is 6.58. The molecule has 1 aliphatic heterocycles. The highest BCUT2D eigenvalue weighted by atomic mass is 32.2. The van der Waals surface area contributed by atoms with Gasteiger partial charge in [0.1, 0.15) is 0 Å². The average molecular weight is 322 g/mol. The molecule has 0 aromatic heterocycles. The first kappa shape index (κ1) is 16.7. The van der Waals surface area contributed by atoms with Crippen molar-refractivity contribution in [1.29, 1.82) is 0 Å². The van der Waals surface area contributed by atoms with Gasteiger partial charge in [-0.3, -0.25) is 0 Å². The van der Waals surface area contributed by atoms with E-state index in [9.17, 15) is 9.59 Å². The molecule has 1 fully saturated rings. The van der Waals surface area contributed by atoms with Crippen LogP contribution in [0.1, 0.15) is 30.1 Å². The van der Waals surface area contributed by atoms with Gasteiger partial charge in [0.05, 0.1) is 12.2 Å². The summed E-state index contributed by atoms with van der Waals surface area (Å²) in [4.78, 5) is 25.7. The molecular weight excluding hydrogens is 300 g/mol. The molecule has 0 radical (unpaired) electrons. The maximum Gasteiger partial charge on any atom is 0.338 e. The summed E-state index contributed by atoms with van der Waals surface area (Å²) in [5.74, 6) is 1.64. The number of nitrogens with one attached hydrogen (secondary N) is 1. The summed E-state index contributed by atoms with van der Waals surface area (Å²) in [6.07, 6.45) is 1.86. The fourth-order valence-electron chi connectivity index (χ4n) is 2.05. The van der Waals surface area contributed by atoms with Crippen LogP contribution in [0.15, 0.2) is 24.3 Å². The number of hydrogen-bond acceptors (Lipinski definition) is 4. The molecule has 0 atom stereocenters. The second kappa shape index (κ2) is 8.68. The molecule has 1 aromatic carbocycles. The van der Waals surface area contributed by atoms with Gasteiger partial charge in [-0.2, -0.15) is 11.8 Å². The molecule has 6 heteroatoms. The number of unbranched alkanes of at least 4 members (excludes halogenated alkanes) is 1. The van der Waals surface area contributed by atoms with E-state index < -0.39 is 0 Å². The van der Waals surface area contributed by atoms with Crippen LogP contribution < -0.4 is 5.32 Å². The van der Waals surface area contributed by atoms with Crippen LogP contribution in [0.25, 0.3) is 0 Å². The van der Waals surface area contributed by atoms with Gasteiger partial charge in [0.2, 0.25) is 0 Å². The van der Waals surface area contributed by atoms with E-state index in [2.05, 4.69) is 5.32 Å². The Hall–Kier alpha value is -1.69. The summed E-state index contributed by atoms with van der Waals surface area (Å²) in [5.41, 5.74) is 1.19. The van der Waals surface area contributed by atoms with Gasteiger partial charge in [0.25, 0.3) is 0 Å². The first-order chi connectivity index (χ1) is 10.7. The topological polar surface area (TPSA) is 58.6 Å². The van der Waals surface area contributed by atoms with Crippen molar-refractivity contribution in [2.75, 3.05) is 36.5 Å². The van der Waals surface area contributed by atoms with Gasteiger partial charge in [-0.1, -0.05) is 13.3 Å². The average Bonchev–Trinajstić information content (AvgIpc) is 2.56. The molecule has 0 unspecified atom stereocenters. The van der Waals surface area contributed by atoms with Crippen LogP contribution in [0.4, 0.5) is 10.5 Å². The van der Waals surface area contributed by atoms with E-state index in [4.69, 9.17) is 4.74 Å². The molecule has 120 valence electrons. The first-order valence-electron chi connectivity index (χ1n) is 7.61. The minimum atomic E-state index is -0.320. The predicted molar refractivity (Wildman–Crippen MR) is 89.5 cm³/mol. The van der Waals surface area contributed by atoms with Gasteiger partial charge in [-0.15, -0.1) is 0 Å². The lowest BCUT2D eigenvalue weighted by Crippen LogP contribution is -2.40. The van der Waals surface area contributed by atoms with Gasteiger partial charge >= 0.3 is 12.0 Å². The molecule has 2 amide bonds. The quantitative estimate of drug-likeness (QED) is 0.668. The molecule has 0 bridgehead atoms. The van der Waals surface area contributed by atoms with Crippen LogP contribution in [0.5, 0.6) is 0 Å². The molecule has 1 aromatic rings. The molecule has 0 spiro atoms. The lowest BCUT2D eigenvalue weighted by Gasteiger charge is -2.26. The van der Waals surface area contributed by atoms with Gasteiger partial charge in [-0.25, -0.2) is 9.59 Å². The number of urea groups is 1. The van der Waals surface area contributed by atoms with Crippen molar-refractivity contribution in [2.24, 2.45) is 0 Å². The third kappa shape index (κ3) is 4.94. The van der Waals surface area contributed by atoms with Crippen molar-refractivity contribution in [3.8, 4) is 0 Å². The van der Waals surface area contributed by atoms with Crippen LogP contribution >= 0.6 is 11.8 Å². The molecule has 1 aliphatic rings. The molecule has 1 heterocycles. The van der Waals surface area contributed by atoms with Crippen molar-refractivity contribution >= 4 is 29.4 Å². The van der Waals surface area contributed by atoms with Crippen molar-refractivity contribution in [3.63, 3.8) is 0 Å². The van der Waals surface area contributed by atoms with Crippen LogP contribution in [-0.4, -0.2) is 48.1 Å². The van der Waals surface area contributed by atoms with E-state index in [0.29, 0.717) is 17.9 Å². The second-order valence-electron chi connectivity index (χ2n) is 5.10. The summed E-state index contributed by atoms with van der Waals surface area (Å²) < 4.78 is 5.15. The highest BCUT2D eigenvalue weighted by Crippen LogP contribution is 2.14. The van der Waals surface area contributed by atoms with Crippen molar-refractivity contribution in [1.82, 2.24) is 4.90 Å². The number of amides is 2. The minimum absolute atomic E-state index is 0.0847. The molecule has 2 rings (SSSR count). The van der Waals surface area contributed by atoms with Crippen molar-refractivity contribution in [2.45, 2.75) is 19.8 Å². The van der Waals surface area contributed by atoms with E-state index in [-0.39, 0.29) is 12.0 Å². The van der Waals surface area contributed by atoms with Crippen LogP contribution in [0.2, 0.25) is 0 Å². The lowest BCUT2D eigenvalue weighted by atomic mass is 10.2. The summed E-state index contributed by atoms with van der Waals surface area (Å²) in [5, 5.41) is 2.86. The zero-order valence-corrected chi connectivity index (χ0v) is 13.7. The maximum absolute atomic E-state index is 12.1. The highest BCUT2D eigenvalue weighted by molar-refractivity contribution is 7.99. The zero-order chi connectivity index (χ0) is 15.8. The van der Waals surface area contributed by atoms with E-state index >= 15 is 0 Å². The molecule has 22 heavy (non-hydrogen) atoms. The van der Waals surface area contributed by atoms with E-state index in [0.717, 1.165) is 37.4 Å². The second-order valence-corrected chi connectivity index (χ2v) is 6.32. The molecule has 0 saturated carbocycles. The smallest absolute Gasteiger partial charge is 0.338 e. The Morgan fingerprint density at radius 2 is 1.91 bits per heavy atom. The third-order valence-electron chi connectivity index (χ3n) is 3.40. The number of hydrogen-bond donors (Lipinski definition) is 1. The zero-order valence-electron chi connectivity index (χ0n) is 12.8. The Morgan fingerprint density at radius 3 is 2.55 bits per heavy atom. The minimum Gasteiger partial charge on any atom is -0.462 e. The van der Waals surface area contributed by atoms with Gasteiger partial charge in [0.15, 0.2) is 0 Å². The summed E-state index contributed by atoms with van der Waals surface area (Å²) in [7, 11) is 0. The largest absolute Gasteiger partial charge is 0.462 e. The Labute approximate surface area is 135 Å². The van der Waals surface area contributed by atoms with E-state index in [1.165, 1.54) is 0 Å². The molecular formula is C16H22N2O3S. The molecule has 1 saturated heterocycles. The van der Waals surface area contributed by atoms with E-state index in [1.807, 2.05) is 23.6 Å². The third-order valence-corrected chi connectivity index (χ3v) is 4.34. The predicted octanol–water partition coefficient (Wildman–Crippen LogP) is 3.22. The summed E-state index contributed by atoms with van der Waals surface area (Å²) in [6.45, 7) is 4.05. The number of benzene rings is 1. The number of nitrogens with zero attached hydrogens (tertiary/aromatic N) is 1. The summed E-state index contributed by atoms with van der Waals surface area (Å²) >= 11 is 1.86. The van der Waals surface area contributed by atoms with E-state index in [1.54, 1.807) is 24.3 Å². The highest BCUT2D eigenvalue weighted by Gasteiger charge is 2.16. The maximum atomic E-state index is 12.1. The van der Waals surface area contributed by atoms with Crippen LogP contribution in [-0.2, 0) is 4.74 Å². The van der Waals surface area contributed by atoms with Crippen LogP contribution in [0, 0.1) is 0 Å². The number of anilines is 1.